The molecule has 0 amide bonds. The second-order valence-electron chi connectivity index (χ2n) is 4.73. The highest BCUT2D eigenvalue weighted by molar-refractivity contribution is 6.10. The Bertz CT molecular complexity index is 517. The lowest BCUT2D eigenvalue weighted by molar-refractivity contribution is 0.0917. The van der Waals surface area contributed by atoms with Crippen LogP contribution in [0.3, 0.4) is 0 Å². The molecule has 3 aliphatic rings. The minimum atomic E-state index is -0.131. The first-order valence-electron chi connectivity index (χ1n) is 5.42. The Hall–Kier alpha value is -1.57. The second-order valence-corrected chi connectivity index (χ2v) is 4.73. The average Bonchev–Trinajstić information content (AvgIpc) is 2.89. The first kappa shape index (κ1) is 7.69. The maximum atomic E-state index is 12.4. The number of piperidine rings is 1. The number of carbonyl (C=O) groups excluding carboxylic acids is 1. The van der Waals surface area contributed by atoms with Gasteiger partial charge in [-0.1, -0.05) is 24.3 Å². The zero-order valence-electron chi connectivity index (χ0n) is 8.29. The van der Waals surface area contributed by atoms with Gasteiger partial charge in [0.1, 0.15) is 0 Å². The van der Waals surface area contributed by atoms with Gasteiger partial charge in [0.2, 0.25) is 0 Å². The van der Waals surface area contributed by atoms with Crippen molar-refractivity contribution in [2.75, 3.05) is 6.54 Å². The molecule has 2 aliphatic carbocycles. The lowest BCUT2D eigenvalue weighted by atomic mass is 9.83. The molecule has 1 N–H and O–H groups in total. The van der Waals surface area contributed by atoms with E-state index < -0.39 is 0 Å². The fourth-order valence-electron chi connectivity index (χ4n) is 3.10. The summed E-state index contributed by atoms with van der Waals surface area (Å²) in [7, 11) is 0. The van der Waals surface area contributed by atoms with Crippen LogP contribution in [0.2, 0.25) is 0 Å². The van der Waals surface area contributed by atoms with E-state index in [0.717, 1.165) is 29.8 Å². The van der Waals surface area contributed by atoms with Crippen molar-refractivity contribution in [1.29, 1.82) is 0 Å². The van der Waals surface area contributed by atoms with Crippen molar-refractivity contribution in [3.05, 3.63) is 41.1 Å². The third-order valence-electron chi connectivity index (χ3n) is 4.04. The summed E-state index contributed by atoms with van der Waals surface area (Å²) in [4.78, 5) is 12.4. The third kappa shape index (κ3) is 0.717. The van der Waals surface area contributed by atoms with Crippen LogP contribution in [0.5, 0.6) is 0 Å². The first-order valence-corrected chi connectivity index (χ1v) is 5.42. The fourth-order valence-corrected chi connectivity index (χ4v) is 3.10. The molecule has 1 aromatic carbocycles. The highest BCUT2D eigenvalue weighted by Gasteiger charge is 2.66. The van der Waals surface area contributed by atoms with Crippen LogP contribution in [-0.4, -0.2) is 12.3 Å². The quantitative estimate of drug-likeness (QED) is 0.687. The molecule has 0 aromatic heterocycles. The molecule has 2 fully saturated rings. The smallest absolute Gasteiger partial charge is 0.175 e. The van der Waals surface area contributed by atoms with E-state index in [2.05, 4.69) is 11.4 Å². The standard InChI is InChI=1S/C13H11NO/c15-12-10-4-2-1-3-8(10)5-11-13(12)6-9(13)7-14-11/h1-5,9,14H,6-7H2/t9?,13-/m1/s1. The van der Waals surface area contributed by atoms with Gasteiger partial charge in [-0.3, -0.25) is 4.79 Å². The van der Waals surface area contributed by atoms with E-state index in [4.69, 9.17) is 0 Å². The van der Waals surface area contributed by atoms with Crippen LogP contribution >= 0.6 is 0 Å². The average molecular weight is 197 g/mol. The minimum Gasteiger partial charge on any atom is -0.387 e. The summed E-state index contributed by atoms with van der Waals surface area (Å²) in [6, 6.07) is 7.91. The Morgan fingerprint density at radius 2 is 2.20 bits per heavy atom. The van der Waals surface area contributed by atoms with Crippen molar-refractivity contribution in [3.63, 3.8) is 0 Å². The predicted octanol–water partition coefficient (Wildman–Crippen LogP) is 1.83. The fraction of sp³-hybridized carbons (Fsp3) is 0.308. The summed E-state index contributed by atoms with van der Waals surface area (Å²) in [5.41, 5.74) is 3.01. The molecule has 15 heavy (non-hydrogen) atoms. The van der Waals surface area contributed by atoms with E-state index in [-0.39, 0.29) is 5.41 Å². The molecule has 1 unspecified atom stereocenters. The lowest BCUT2D eigenvalue weighted by Gasteiger charge is -2.21. The Morgan fingerprint density at radius 1 is 1.33 bits per heavy atom. The first-order chi connectivity index (χ1) is 7.32. The summed E-state index contributed by atoms with van der Waals surface area (Å²) < 4.78 is 0. The Kier molecular flexibility index (Phi) is 1.11. The summed E-state index contributed by atoms with van der Waals surface area (Å²) in [5, 5.41) is 3.36. The van der Waals surface area contributed by atoms with E-state index in [1.807, 2.05) is 24.3 Å². The molecule has 74 valence electrons. The zero-order valence-corrected chi connectivity index (χ0v) is 8.29. The van der Waals surface area contributed by atoms with Gasteiger partial charge >= 0.3 is 0 Å². The van der Waals surface area contributed by atoms with Crippen LogP contribution in [0.1, 0.15) is 22.3 Å². The number of nitrogens with one attached hydrogen (secondary N) is 1. The highest BCUT2D eigenvalue weighted by Crippen LogP contribution is 2.63. The molecule has 1 saturated heterocycles. The lowest BCUT2D eigenvalue weighted by Crippen LogP contribution is -2.26. The van der Waals surface area contributed by atoms with E-state index >= 15 is 0 Å². The molecule has 0 radical (unpaired) electrons. The van der Waals surface area contributed by atoms with Crippen LogP contribution in [-0.2, 0) is 0 Å². The number of hydrogen-bond acceptors (Lipinski definition) is 2. The number of hydrogen-bond donors (Lipinski definition) is 1. The normalized spacial score (nSPS) is 34.8. The van der Waals surface area contributed by atoms with E-state index in [1.54, 1.807) is 0 Å². The molecule has 1 heterocycles. The van der Waals surface area contributed by atoms with Crippen molar-refractivity contribution in [2.45, 2.75) is 6.42 Å². The van der Waals surface area contributed by atoms with Gasteiger partial charge < -0.3 is 5.32 Å². The van der Waals surface area contributed by atoms with E-state index in [9.17, 15) is 4.79 Å². The molecular formula is C13H11NO. The van der Waals surface area contributed by atoms with Gasteiger partial charge in [0, 0.05) is 17.8 Å². The Balaban J connectivity index is 2.01. The molecule has 1 aliphatic heterocycles. The number of ketones is 1. The Morgan fingerprint density at radius 3 is 3.07 bits per heavy atom. The van der Waals surface area contributed by atoms with Gasteiger partial charge in [-0.15, -0.1) is 0 Å². The van der Waals surface area contributed by atoms with Gasteiger partial charge in [0.15, 0.2) is 5.78 Å². The second kappa shape index (κ2) is 2.16. The molecule has 2 atom stereocenters. The van der Waals surface area contributed by atoms with Crippen LogP contribution in [0.15, 0.2) is 30.0 Å². The number of fused-ring (bicyclic) bond motifs is 1. The third-order valence-corrected chi connectivity index (χ3v) is 4.04. The van der Waals surface area contributed by atoms with Gasteiger partial charge in [-0.05, 0) is 24.0 Å². The van der Waals surface area contributed by atoms with E-state index in [0.29, 0.717) is 11.7 Å². The summed E-state index contributed by atoms with van der Waals surface area (Å²) in [6.45, 7) is 0.978. The minimum absolute atomic E-state index is 0.131. The maximum Gasteiger partial charge on any atom is 0.175 e. The summed E-state index contributed by atoms with van der Waals surface area (Å²) in [5.74, 6) is 0.898. The molecule has 1 spiro atoms. The van der Waals surface area contributed by atoms with Gasteiger partial charge in [-0.25, -0.2) is 0 Å². The molecule has 1 saturated carbocycles. The number of benzene rings is 1. The zero-order chi connectivity index (χ0) is 10.0. The van der Waals surface area contributed by atoms with E-state index in [1.165, 1.54) is 0 Å². The van der Waals surface area contributed by atoms with Crippen LogP contribution in [0.4, 0.5) is 0 Å². The molecule has 0 bridgehead atoms. The number of carbonyl (C=O) groups is 1. The van der Waals surface area contributed by atoms with Crippen molar-refractivity contribution in [2.24, 2.45) is 11.3 Å². The molecule has 1 aromatic rings. The van der Waals surface area contributed by atoms with Crippen LogP contribution in [0.25, 0.3) is 6.08 Å². The largest absolute Gasteiger partial charge is 0.387 e. The number of rotatable bonds is 0. The summed E-state index contributed by atoms with van der Waals surface area (Å²) in [6.07, 6.45) is 3.21. The van der Waals surface area contributed by atoms with Crippen molar-refractivity contribution in [1.82, 2.24) is 5.32 Å². The van der Waals surface area contributed by atoms with Gasteiger partial charge in [-0.2, -0.15) is 0 Å². The van der Waals surface area contributed by atoms with Crippen LogP contribution < -0.4 is 5.32 Å². The number of allylic oxidation sites excluding steroid dienone is 1. The molecule has 4 rings (SSSR count). The van der Waals surface area contributed by atoms with Crippen molar-refractivity contribution in [3.8, 4) is 0 Å². The molecular weight excluding hydrogens is 186 g/mol. The number of Topliss-reactive ketones (excluding diaryl/α,β-unsaturated/α-hetero) is 1. The van der Waals surface area contributed by atoms with Crippen molar-refractivity contribution < 1.29 is 4.79 Å². The van der Waals surface area contributed by atoms with Gasteiger partial charge in [0.25, 0.3) is 0 Å². The topological polar surface area (TPSA) is 29.1 Å². The predicted molar refractivity (Wildman–Crippen MR) is 57.3 cm³/mol. The van der Waals surface area contributed by atoms with Crippen LogP contribution in [0, 0.1) is 11.3 Å². The Labute approximate surface area is 88.0 Å². The van der Waals surface area contributed by atoms with Gasteiger partial charge in [0.05, 0.1) is 5.41 Å². The molecule has 2 nitrogen and oxygen atoms in total. The van der Waals surface area contributed by atoms with Crippen molar-refractivity contribution >= 4 is 11.9 Å². The monoisotopic (exact) mass is 197 g/mol. The SMILES string of the molecule is O=C1c2ccccc2C=C2NCC3C[C@]123. The highest BCUT2D eigenvalue weighted by atomic mass is 16.1. The maximum absolute atomic E-state index is 12.4. The molecule has 2 heteroatoms. The summed E-state index contributed by atoms with van der Waals surface area (Å²) >= 11 is 0.